The predicted molar refractivity (Wildman–Crippen MR) is 110 cm³/mol. The highest BCUT2D eigenvalue weighted by Gasteiger charge is 2.33. The molecule has 1 aromatic heterocycles. The second-order valence-corrected chi connectivity index (χ2v) is 7.07. The minimum atomic E-state index is -0.239. The summed E-state index contributed by atoms with van der Waals surface area (Å²) >= 11 is 6.03. The van der Waals surface area contributed by atoms with Crippen LogP contribution in [-0.2, 0) is 4.79 Å². The van der Waals surface area contributed by atoms with E-state index in [1.54, 1.807) is 21.3 Å². The first-order valence-corrected chi connectivity index (χ1v) is 9.37. The van der Waals surface area contributed by atoms with Gasteiger partial charge < -0.3 is 19.5 Å². The maximum absolute atomic E-state index is 12.4. The summed E-state index contributed by atoms with van der Waals surface area (Å²) in [6.07, 6.45) is 0.270. The van der Waals surface area contributed by atoms with Gasteiger partial charge in [0.2, 0.25) is 11.7 Å². The highest BCUT2D eigenvalue weighted by Crippen LogP contribution is 2.46. The molecule has 1 aliphatic rings. The lowest BCUT2D eigenvalue weighted by Crippen LogP contribution is -2.23. The number of fused-ring (bicyclic) bond motifs is 1. The Balaban J connectivity index is 1.88. The van der Waals surface area contributed by atoms with E-state index in [-0.39, 0.29) is 18.2 Å². The van der Waals surface area contributed by atoms with Gasteiger partial charge >= 0.3 is 0 Å². The third kappa shape index (κ3) is 3.38. The Morgan fingerprint density at radius 1 is 1.03 bits per heavy atom. The molecule has 2 N–H and O–H groups in total. The number of aromatic amines is 1. The molecule has 2 heterocycles. The Labute approximate surface area is 172 Å². The normalized spacial score (nSPS) is 15.4. The fourth-order valence-corrected chi connectivity index (χ4v) is 3.81. The van der Waals surface area contributed by atoms with Gasteiger partial charge in [-0.05, 0) is 29.8 Å². The number of nitrogens with zero attached hydrogens (tertiary/aromatic N) is 1. The summed E-state index contributed by atoms with van der Waals surface area (Å²) < 4.78 is 16.4. The lowest BCUT2D eigenvalue weighted by atomic mass is 9.84. The molecule has 29 heavy (non-hydrogen) atoms. The fourth-order valence-electron chi connectivity index (χ4n) is 3.68. The van der Waals surface area contributed by atoms with Gasteiger partial charge in [-0.2, -0.15) is 5.10 Å². The van der Waals surface area contributed by atoms with Gasteiger partial charge in [0.1, 0.15) is 0 Å². The van der Waals surface area contributed by atoms with E-state index in [1.807, 2.05) is 36.4 Å². The van der Waals surface area contributed by atoms with Crippen LogP contribution in [0.5, 0.6) is 17.2 Å². The van der Waals surface area contributed by atoms with Gasteiger partial charge in [0, 0.05) is 28.5 Å². The van der Waals surface area contributed by atoms with E-state index >= 15 is 0 Å². The molecule has 0 radical (unpaired) electrons. The highest BCUT2D eigenvalue weighted by atomic mass is 35.5. The van der Waals surface area contributed by atoms with Crippen LogP contribution in [0.1, 0.15) is 23.5 Å². The molecule has 0 aliphatic carbocycles. The number of hydrogen-bond acceptors (Lipinski definition) is 5. The predicted octanol–water partition coefficient (Wildman–Crippen LogP) is 4.23. The van der Waals surface area contributed by atoms with E-state index in [2.05, 4.69) is 15.5 Å². The van der Waals surface area contributed by atoms with Crippen LogP contribution in [0.25, 0.3) is 11.3 Å². The Hall–Kier alpha value is -3.19. The summed E-state index contributed by atoms with van der Waals surface area (Å²) in [5.41, 5.74) is 3.53. The summed E-state index contributed by atoms with van der Waals surface area (Å²) in [6.45, 7) is 0. The summed E-state index contributed by atoms with van der Waals surface area (Å²) in [4.78, 5) is 12.4. The molecule has 0 saturated carbocycles. The number of carbonyl (C=O) groups excluding carboxylic acids is 1. The van der Waals surface area contributed by atoms with Crippen molar-refractivity contribution in [2.24, 2.45) is 0 Å². The zero-order chi connectivity index (χ0) is 20.5. The smallest absolute Gasteiger partial charge is 0.226 e. The first-order chi connectivity index (χ1) is 14.0. The van der Waals surface area contributed by atoms with E-state index < -0.39 is 0 Å². The number of methoxy groups -OCH3 is 3. The van der Waals surface area contributed by atoms with Crippen LogP contribution >= 0.6 is 11.6 Å². The molecule has 8 heteroatoms. The van der Waals surface area contributed by atoms with Crippen molar-refractivity contribution in [3.63, 3.8) is 0 Å². The van der Waals surface area contributed by atoms with E-state index in [9.17, 15) is 4.79 Å². The van der Waals surface area contributed by atoms with Gasteiger partial charge in [-0.15, -0.1) is 0 Å². The van der Waals surface area contributed by atoms with Gasteiger partial charge in [-0.25, -0.2) is 0 Å². The van der Waals surface area contributed by atoms with Crippen molar-refractivity contribution in [2.45, 2.75) is 12.3 Å². The first-order valence-electron chi connectivity index (χ1n) is 8.99. The third-order valence-corrected chi connectivity index (χ3v) is 5.27. The second kappa shape index (κ2) is 7.67. The van der Waals surface area contributed by atoms with Crippen molar-refractivity contribution in [3.8, 4) is 28.5 Å². The number of amides is 1. The molecule has 3 aromatic rings. The number of rotatable bonds is 5. The molecular weight excluding hydrogens is 394 g/mol. The maximum atomic E-state index is 12.4. The van der Waals surface area contributed by atoms with Gasteiger partial charge in [-0.3, -0.25) is 9.89 Å². The van der Waals surface area contributed by atoms with Crippen LogP contribution in [0.2, 0.25) is 5.02 Å². The number of carbonyl (C=O) groups is 1. The topological polar surface area (TPSA) is 85.5 Å². The van der Waals surface area contributed by atoms with Crippen molar-refractivity contribution in [1.29, 1.82) is 0 Å². The van der Waals surface area contributed by atoms with Gasteiger partial charge in [-0.1, -0.05) is 23.7 Å². The minimum absolute atomic E-state index is 0.106. The van der Waals surface area contributed by atoms with E-state index in [0.29, 0.717) is 28.1 Å². The SMILES string of the molecule is COc1cc(C2CC(=O)Nc3n[nH]c(-c4ccc(Cl)cc4)c32)cc(OC)c1OC. The molecule has 0 spiro atoms. The van der Waals surface area contributed by atoms with Gasteiger partial charge in [0.15, 0.2) is 17.3 Å². The molecule has 2 aromatic carbocycles. The molecule has 0 fully saturated rings. The molecule has 150 valence electrons. The first kappa shape index (κ1) is 19.1. The lowest BCUT2D eigenvalue weighted by Gasteiger charge is -2.25. The van der Waals surface area contributed by atoms with Crippen molar-refractivity contribution in [2.75, 3.05) is 26.6 Å². The largest absolute Gasteiger partial charge is 0.493 e. The van der Waals surface area contributed by atoms with Gasteiger partial charge in [0.25, 0.3) is 0 Å². The molecule has 4 rings (SSSR count). The van der Waals surface area contributed by atoms with Crippen molar-refractivity contribution < 1.29 is 19.0 Å². The Morgan fingerprint density at radius 2 is 1.69 bits per heavy atom. The van der Waals surface area contributed by atoms with Crippen molar-refractivity contribution in [1.82, 2.24) is 10.2 Å². The number of ether oxygens (including phenoxy) is 3. The number of H-pyrrole nitrogens is 1. The van der Waals surface area contributed by atoms with Crippen LogP contribution in [0.15, 0.2) is 36.4 Å². The zero-order valence-electron chi connectivity index (χ0n) is 16.2. The Kier molecular flexibility index (Phi) is 5.07. The second-order valence-electron chi connectivity index (χ2n) is 6.63. The Morgan fingerprint density at radius 3 is 2.28 bits per heavy atom. The summed E-state index contributed by atoms with van der Waals surface area (Å²) in [5.74, 6) is 1.74. The highest BCUT2D eigenvalue weighted by molar-refractivity contribution is 6.30. The minimum Gasteiger partial charge on any atom is -0.493 e. The third-order valence-electron chi connectivity index (χ3n) is 5.02. The quantitative estimate of drug-likeness (QED) is 0.653. The molecule has 1 atom stereocenters. The van der Waals surface area contributed by atoms with E-state index in [1.165, 1.54) is 0 Å². The number of halogens is 1. The van der Waals surface area contributed by atoms with Gasteiger partial charge in [0.05, 0.1) is 27.0 Å². The summed E-state index contributed by atoms with van der Waals surface area (Å²) in [5, 5.41) is 10.9. The zero-order valence-corrected chi connectivity index (χ0v) is 17.0. The van der Waals surface area contributed by atoms with Crippen molar-refractivity contribution in [3.05, 3.63) is 52.5 Å². The van der Waals surface area contributed by atoms with Crippen LogP contribution in [0, 0.1) is 0 Å². The monoisotopic (exact) mass is 413 g/mol. The lowest BCUT2D eigenvalue weighted by molar-refractivity contribution is -0.116. The van der Waals surface area contributed by atoms with Crippen LogP contribution in [-0.4, -0.2) is 37.4 Å². The number of nitrogens with one attached hydrogen (secondary N) is 2. The Bertz CT molecular complexity index is 1040. The number of aromatic nitrogens is 2. The maximum Gasteiger partial charge on any atom is 0.226 e. The van der Waals surface area contributed by atoms with E-state index in [4.69, 9.17) is 25.8 Å². The average molecular weight is 414 g/mol. The number of hydrogen-bond donors (Lipinski definition) is 2. The molecule has 1 amide bonds. The standard InChI is InChI=1S/C21H20ClN3O4/c1-27-15-8-12(9-16(28-2)20(15)29-3)14-10-17(26)23-21-18(14)19(24-25-21)11-4-6-13(22)7-5-11/h4-9,14H,10H2,1-3H3,(H2,23,24,25,26). The number of anilines is 1. The summed E-state index contributed by atoms with van der Waals surface area (Å²) in [7, 11) is 4.69. The van der Waals surface area contributed by atoms with Crippen LogP contribution < -0.4 is 19.5 Å². The van der Waals surface area contributed by atoms with Crippen molar-refractivity contribution >= 4 is 23.3 Å². The van der Waals surface area contributed by atoms with E-state index in [0.717, 1.165) is 22.4 Å². The molecule has 0 bridgehead atoms. The van der Waals surface area contributed by atoms with Crippen LogP contribution in [0.4, 0.5) is 5.82 Å². The molecular formula is C21H20ClN3O4. The summed E-state index contributed by atoms with van der Waals surface area (Å²) in [6, 6.07) is 11.2. The molecule has 0 saturated heterocycles. The number of benzene rings is 2. The van der Waals surface area contributed by atoms with Crippen LogP contribution in [0.3, 0.4) is 0 Å². The molecule has 1 aliphatic heterocycles. The molecule has 7 nitrogen and oxygen atoms in total. The average Bonchev–Trinajstić information content (AvgIpc) is 3.16. The molecule has 1 unspecified atom stereocenters. The fraction of sp³-hybridized carbons (Fsp3) is 0.238.